The smallest absolute Gasteiger partial charge is 0.395 e. The van der Waals surface area contributed by atoms with E-state index >= 15 is 0 Å². The molecule has 0 bridgehead atoms. The predicted octanol–water partition coefficient (Wildman–Crippen LogP) is 3.80. The van der Waals surface area contributed by atoms with Gasteiger partial charge in [0.05, 0.1) is 24.4 Å². The van der Waals surface area contributed by atoms with Gasteiger partial charge >= 0.3 is 13.5 Å². The number of pyridine rings is 1. The summed E-state index contributed by atoms with van der Waals surface area (Å²) in [5.41, 5.74) is 8.60. The van der Waals surface area contributed by atoms with Crippen LogP contribution in [0.15, 0.2) is 69.6 Å². The van der Waals surface area contributed by atoms with Crippen LogP contribution in [0.3, 0.4) is 0 Å². The second kappa shape index (κ2) is 10.8. The minimum absolute atomic E-state index is 0.121. The number of benzene rings is 1. The summed E-state index contributed by atoms with van der Waals surface area (Å²) in [6, 6.07) is 10.8. The number of ether oxygens (including phenoxy) is 1. The Kier molecular flexibility index (Phi) is 7.56. The second-order valence-electron chi connectivity index (χ2n) is 7.94. The highest BCUT2D eigenvalue weighted by Gasteiger charge is 2.40. The Morgan fingerprint density at radius 1 is 1.22 bits per heavy atom. The van der Waals surface area contributed by atoms with Crippen molar-refractivity contribution in [1.29, 1.82) is 0 Å². The average molecular weight is 514 g/mol. The molecule has 188 valence electrons. The first kappa shape index (κ1) is 25.2. The molecule has 1 aliphatic heterocycles. The van der Waals surface area contributed by atoms with Gasteiger partial charge in [0.15, 0.2) is 5.75 Å². The monoisotopic (exact) mass is 514 g/mol. The van der Waals surface area contributed by atoms with E-state index in [2.05, 4.69) is 20.0 Å². The van der Waals surface area contributed by atoms with Crippen molar-refractivity contribution >= 4 is 7.82 Å². The van der Waals surface area contributed by atoms with Gasteiger partial charge in [-0.3, -0.25) is 23.9 Å². The molecule has 4 rings (SSSR count). The molecule has 0 spiro atoms. The van der Waals surface area contributed by atoms with Gasteiger partial charge in [0.25, 0.3) is 5.56 Å². The molecular formula is C22H23N6O7P. The van der Waals surface area contributed by atoms with E-state index < -0.39 is 37.4 Å². The van der Waals surface area contributed by atoms with Crippen LogP contribution >= 0.6 is 7.82 Å². The molecule has 1 fully saturated rings. The first-order chi connectivity index (χ1) is 17.3. The fraction of sp³-hybridized carbons (Fsp3) is 0.318. The number of hydrogen-bond acceptors (Lipinski definition) is 9. The molecule has 3 aromatic rings. The third kappa shape index (κ3) is 5.84. The van der Waals surface area contributed by atoms with Gasteiger partial charge < -0.3 is 13.8 Å². The number of aromatic amines is 1. The Labute approximate surface area is 204 Å². The molecule has 1 aliphatic rings. The summed E-state index contributed by atoms with van der Waals surface area (Å²) in [6.45, 7) is 2.87. The molecule has 1 aromatic carbocycles. The predicted molar refractivity (Wildman–Crippen MR) is 128 cm³/mol. The SMILES string of the molecule is Cc1ncccc1OP(=O)(OC[C@H]1O[C@@H](n2cc(C)c(=O)[nH]c2=O)CC1N=[N+]=[N-])Oc1ccccc1. The Morgan fingerprint density at radius 2 is 2.00 bits per heavy atom. The number of phosphoric acid groups is 1. The maximum Gasteiger partial charge on any atom is 0.587 e. The van der Waals surface area contributed by atoms with Crippen LogP contribution in [-0.4, -0.2) is 33.3 Å². The zero-order valence-corrected chi connectivity index (χ0v) is 20.3. The zero-order valence-electron chi connectivity index (χ0n) is 19.4. The van der Waals surface area contributed by atoms with Crippen LogP contribution in [0, 0.1) is 13.8 Å². The maximum absolute atomic E-state index is 13.7. The quantitative estimate of drug-likeness (QED) is 0.194. The number of aromatic nitrogens is 3. The normalized spacial score (nSPS) is 20.8. The van der Waals surface area contributed by atoms with Crippen molar-refractivity contribution in [3.05, 3.63) is 97.4 Å². The minimum Gasteiger partial charge on any atom is -0.395 e. The van der Waals surface area contributed by atoms with Gasteiger partial charge in [-0.2, -0.15) is 0 Å². The van der Waals surface area contributed by atoms with Crippen LogP contribution in [0.5, 0.6) is 11.5 Å². The van der Waals surface area contributed by atoms with Crippen molar-refractivity contribution in [3.8, 4) is 11.5 Å². The molecule has 2 unspecified atom stereocenters. The van der Waals surface area contributed by atoms with E-state index in [1.807, 2.05) is 0 Å². The number of hydrogen-bond donors (Lipinski definition) is 1. The van der Waals surface area contributed by atoms with E-state index in [0.29, 0.717) is 11.3 Å². The Bertz CT molecular complexity index is 1440. The Hall–Kier alpha value is -3.89. The number of para-hydroxylation sites is 1. The molecule has 0 amide bonds. The lowest BCUT2D eigenvalue weighted by Gasteiger charge is -2.22. The van der Waals surface area contributed by atoms with Crippen molar-refractivity contribution in [2.24, 2.45) is 5.11 Å². The Morgan fingerprint density at radius 3 is 2.72 bits per heavy atom. The molecule has 4 atom stereocenters. The number of azide groups is 1. The minimum atomic E-state index is -4.27. The summed E-state index contributed by atoms with van der Waals surface area (Å²) >= 11 is 0. The van der Waals surface area contributed by atoms with Crippen molar-refractivity contribution in [2.75, 3.05) is 6.61 Å². The second-order valence-corrected chi connectivity index (χ2v) is 9.46. The first-order valence-corrected chi connectivity index (χ1v) is 12.4. The Balaban J connectivity index is 1.57. The third-order valence-electron chi connectivity index (χ3n) is 5.39. The van der Waals surface area contributed by atoms with Gasteiger partial charge in [-0.1, -0.05) is 23.3 Å². The van der Waals surface area contributed by atoms with Crippen LogP contribution in [-0.2, 0) is 13.8 Å². The molecule has 14 heteroatoms. The van der Waals surface area contributed by atoms with E-state index in [1.54, 1.807) is 62.5 Å². The number of nitrogens with one attached hydrogen (secondary N) is 1. The van der Waals surface area contributed by atoms with Gasteiger partial charge in [-0.25, -0.2) is 9.36 Å². The van der Waals surface area contributed by atoms with Crippen molar-refractivity contribution in [2.45, 2.75) is 38.6 Å². The lowest BCUT2D eigenvalue weighted by atomic mass is 10.1. The molecule has 0 aliphatic carbocycles. The van der Waals surface area contributed by atoms with E-state index in [9.17, 15) is 14.2 Å². The zero-order chi connectivity index (χ0) is 25.7. The average Bonchev–Trinajstić information content (AvgIpc) is 3.25. The number of rotatable bonds is 9. The summed E-state index contributed by atoms with van der Waals surface area (Å²) in [6.07, 6.45) is 1.30. The van der Waals surface area contributed by atoms with Crippen LogP contribution in [0.1, 0.15) is 23.9 Å². The summed E-state index contributed by atoms with van der Waals surface area (Å²) in [5.74, 6) is 0.443. The summed E-state index contributed by atoms with van der Waals surface area (Å²) in [4.78, 5) is 33.2. The van der Waals surface area contributed by atoms with Gasteiger partial charge in [-0.05, 0) is 43.6 Å². The highest BCUT2D eigenvalue weighted by molar-refractivity contribution is 7.49. The highest BCUT2D eigenvalue weighted by atomic mass is 31.2. The van der Waals surface area contributed by atoms with E-state index in [0.717, 1.165) is 0 Å². The van der Waals surface area contributed by atoms with E-state index in [4.69, 9.17) is 23.8 Å². The maximum atomic E-state index is 13.7. The van der Waals surface area contributed by atoms with Gasteiger partial charge in [0.1, 0.15) is 12.0 Å². The summed E-state index contributed by atoms with van der Waals surface area (Å²) in [7, 11) is -4.27. The molecule has 1 N–H and O–H groups in total. The number of H-pyrrole nitrogens is 1. The number of aryl methyl sites for hydroxylation is 2. The fourth-order valence-electron chi connectivity index (χ4n) is 3.56. The molecular weight excluding hydrogens is 491 g/mol. The molecule has 1 saturated heterocycles. The van der Waals surface area contributed by atoms with Crippen molar-refractivity contribution < 1.29 is 22.9 Å². The summed E-state index contributed by atoms with van der Waals surface area (Å²) < 4.78 is 37.7. The third-order valence-corrected chi connectivity index (χ3v) is 6.71. The van der Waals surface area contributed by atoms with E-state index in [1.165, 1.54) is 10.8 Å². The first-order valence-electron chi connectivity index (χ1n) is 10.9. The molecule has 3 heterocycles. The summed E-state index contributed by atoms with van der Waals surface area (Å²) in [5, 5.41) is 3.74. The number of nitrogens with zero attached hydrogens (tertiary/aromatic N) is 5. The fourth-order valence-corrected chi connectivity index (χ4v) is 4.84. The van der Waals surface area contributed by atoms with Crippen molar-refractivity contribution in [3.63, 3.8) is 0 Å². The lowest BCUT2D eigenvalue weighted by molar-refractivity contribution is -0.0260. The molecule has 2 aromatic heterocycles. The van der Waals surface area contributed by atoms with Gasteiger partial charge in [0, 0.05) is 29.3 Å². The van der Waals surface area contributed by atoms with Crippen LogP contribution in [0.25, 0.3) is 10.4 Å². The number of phosphoric ester groups is 1. The topological polar surface area (TPSA) is 170 Å². The molecule has 0 radical (unpaired) electrons. The van der Waals surface area contributed by atoms with Gasteiger partial charge in [0.2, 0.25) is 0 Å². The van der Waals surface area contributed by atoms with Gasteiger partial charge in [-0.15, -0.1) is 0 Å². The molecule has 0 saturated carbocycles. The largest absolute Gasteiger partial charge is 0.587 e. The molecule has 36 heavy (non-hydrogen) atoms. The van der Waals surface area contributed by atoms with Crippen molar-refractivity contribution in [1.82, 2.24) is 14.5 Å². The highest BCUT2D eigenvalue weighted by Crippen LogP contribution is 2.50. The van der Waals surface area contributed by atoms with Crippen LogP contribution in [0.2, 0.25) is 0 Å². The van der Waals surface area contributed by atoms with Crippen LogP contribution in [0.4, 0.5) is 0 Å². The standard InChI is InChI=1S/C22H23N6O7P/c1-14-12-28(22(30)25-21(14)29)20-11-17(26-27-23)19(33-20)13-32-36(31,34-16-7-4-3-5-8-16)35-18-9-6-10-24-15(18)2/h3-10,12,17,19-20H,11,13H2,1-2H3,(H,25,29,30)/t17?,19-,20-,36?/m1/s1. The lowest BCUT2D eigenvalue weighted by Crippen LogP contribution is -2.33. The van der Waals surface area contributed by atoms with Crippen LogP contribution < -0.4 is 20.3 Å². The van der Waals surface area contributed by atoms with E-state index in [-0.39, 0.29) is 24.5 Å². The molecule has 13 nitrogen and oxygen atoms in total.